The Hall–Kier alpha value is -2.07. The number of benzene rings is 2. The van der Waals surface area contributed by atoms with Gasteiger partial charge in [0.2, 0.25) is 0 Å². The van der Waals surface area contributed by atoms with E-state index in [4.69, 9.17) is 6.42 Å². The SMILES string of the molecule is C#CC(c1ccccc1)c1ccc(F)cc1. The summed E-state index contributed by atoms with van der Waals surface area (Å²) in [6.45, 7) is 0. The molecule has 0 N–H and O–H groups in total. The molecule has 1 unspecified atom stereocenters. The Kier molecular flexibility index (Phi) is 3.03. The number of hydrogen-bond donors (Lipinski definition) is 0. The average molecular weight is 210 g/mol. The van der Waals surface area contributed by atoms with E-state index >= 15 is 0 Å². The van der Waals surface area contributed by atoms with E-state index in [0.29, 0.717) is 0 Å². The molecule has 2 rings (SSSR count). The van der Waals surface area contributed by atoms with Crippen LogP contribution in [0, 0.1) is 18.2 Å². The smallest absolute Gasteiger partial charge is 0.123 e. The molecule has 1 heteroatoms. The molecule has 2 aromatic rings. The van der Waals surface area contributed by atoms with E-state index in [2.05, 4.69) is 5.92 Å². The van der Waals surface area contributed by atoms with Crippen molar-refractivity contribution in [3.8, 4) is 12.3 Å². The van der Waals surface area contributed by atoms with Crippen LogP contribution in [0.3, 0.4) is 0 Å². The van der Waals surface area contributed by atoms with E-state index in [1.807, 2.05) is 30.3 Å². The van der Waals surface area contributed by atoms with Crippen LogP contribution in [0.5, 0.6) is 0 Å². The highest BCUT2D eigenvalue weighted by Gasteiger charge is 2.10. The number of rotatable bonds is 2. The van der Waals surface area contributed by atoms with Crippen LogP contribution >= 0.6 is 0 Å². The molecule has 0 saturated heterocycles. The lowest BCUT2D eigenvalue weighted by atomic mass is 9.92. The Balaban J connectivity index is 2.38. The van der Waals surface area contributed by atoms with Gasteiger partial charge in [0, 0.05) is 0 Å². The van der Waals surface area contributed by atoms with Crippen LogP contribution in [-0.2, 0) is 0 Å². The quantitative estimate of drug-likeness (QED) is 0.664. The minimum Gasteiger partial charge on any atom is -0.207 e. The second-order valence-electron chi connectivity index (χ2n) is 3.56. The van der Waals surface area contributed by atoms with Crippen molar-refractivity contribution in [3.05, 3.63) is 71.5 Å². The molecule has 0 aromatic heterocycles. The van der Waals surface area contributed by atoms with Gasteiger partial charge in [-0.25, -0.2) is 4.39 Å². The van der Waals surface area contributed by atoms with Gasteiger partial charge in [0.15, 0.2) is 0 Å². The van der Waals surface area contributed by atoms with Gasteiger partial charge >= 0.3 is 0 Å². The highest BCUT2D eigenvalue weighted by molar-refractivity contribution is 5.39. The third-order valence-electron chi connectivity index (χ3n) is 2.50. The van der Waals surface area contributed by atoms with Gasteiger partial charge < -0.3 is 0 Å². The Morgan fingerprint density at radius 2 is 1.44 bits per heavy atom. The lowest BCUT2D eigenvalue weighted by molar-refractivity contribution is 0.627. The predicted molar refractivity (Wildman–Crippen MR) is 63.5 cm³/mol. The minimum absolute atomic E-state index is 0.109. The third kappa shape index (κ3) is 2.12. The van der Waals surface area contributed by atoms with Crippen molar-refractivity contribution in [2.24, 2.45) is 0 Å². The van der Waals surface area contributed by atoms with Crippen molar-refractivity contribution in [2.45, 2.75) is 5.92 Å². The summed E-state index contributed by atoms with van der Waals surface area (Å²) in [6.07, 6.45) is 5.53. The summed E-state index contributed by atoms with van der Waals surface area (Å²) in [5.74, 6) is 2.38. The van der Waals surface area contributed by atoms with Crippen molar-refractivity contribution in [3.63, 3.8) is 0 Å². The van der Waals surface area contributed by atoms with Crippen LogP contribution in [0.4, 0.5) is 4.39 Å². The minimum atomic E-state index is -0.243. The first-order chi connectivity index (χ1) is 7.81. The highest BCUT2D eigenvalue weighted by atomic mass is 19.1. The van der Waals surface area contributed by atoms with Gasteiger partial charge in [-0.05, 0) is 23.3 Å². The van der Waals surface area contributed by atoms with Crippen LogP contribution in [0.2, 0.25) is 0 Å². The van der Waals surface area contributed by atoms with Gasteiger partial charge in [-0.2, -0.15) is 0 Å². The molecule has 0 aliphatic carbocycles. The summed E-state index contributed by atoms with van der Waals surface area (Å²) in [5.41, 5.74) is 1.99. The molecule has 0 fully saturated rings. The molecule has 2 aromatic carbocycles. The number of hydrogen-bond acceptors (Lipinski definition) is 0. The van der Waals surface area contributed by atoms with Gasteiger partial charge in [0.1, 0.15) is 5.82 Å². The Morgan fingerprint density at radius 1 is 0.875 bits per heavy atom. The molecular formula is C15H11F. The maximum Gasteiger partial charge on any atom is 0.123 e. The average Bonchev–Trinajstić information content (AvgIpc) is 2.34. The Bertz CT molecular complexity index is 491. The molecule has 16 heavy (non-hydrogen) atoms. The van der Waals surface area contributed by atoms with Crippen LogP contribution in [-0.4, -0.2) is 0 Å². The fraction of sp³-hybridized carbons (Fsp3) is 0.0667. The summed E-state index contributed by atoms with van der Waals surface area (Å²) in [7, 11) is 0. The van der Waals surface area contributed by atoms with Crippen molar-refractivity contribution < 1.29 is 4.39 Å². The first kappa shape index (κ1) is 10.4. The van der Waals surface area contributed by atoms with E-state index in [1.54, 1.807) is 12.1 Å². The Morgan fingerprint density at radius 3 is 2.00 bits per heavy atom. The van der Waals surface area contributed by atoms with Crippen LogP contribution in [0.15, 0.2) is 54.6 Å². The van der Waals surface area contributed by atoms with Gasteiger partial charge in [0.05, 0.1) is 5.92 Å². The van der Waals surface area contributed by atoms with Gasteiger partial charge in [-0.1, -0.05) is 48.4 Å². The fourth-order valence-electron chi connectivity index (χ4n) is 1.69. The van der Waals surface area contributed by atoms with E-state index < -0.39 is 0 Å². The van der Waals surface area contributed by atoms with Crippen LogP contribution in [0.1, 0.15) is 17.0 Å². The van der Waals surface area contributed by atoms with Gasteiger partial charge in [-0.15, -0.1) is 6.42 Å². The standard InChI is InChI=1S/C15H11F/c1-2-15(12-6-4-3-5-7-12)13-8-10-14(16)11-9-13/h1,3-11,15H. The van der Waals surface area contributed by atoms with Crippen molar-refractivity contribution >= 4 is 0 Å². The lowest BCUT2D eigenvalue weighted by Gasteiger charge is -2.11. The maximum atomic E-state index is 12.8. The van der Waals surface area contributed by atoms with Crippen LogP contribution < -0.4 is 0 Å². The van der Waals surface area contributed by atoms with E-state index in [-0.39, 0.29) is 11.7 Å². The highest BCUT2D eigenvalue weighted by Crippen LogP contribution is 2.23. The molecular weight excluding hydrogens is 199 g/mol. The second-order valence-corrected chi connectivity index (χ2v) is 3.56. The molecule has 78 valence electrons. The molecule has 0 saturated carbocycles. The zero-order chi connectivity index (χ0) is 11.4. The molecule has 0 nitrogen and oxygen atoms in total. The molecule has 0 radical (unpaired) electrons. The monoisotopic (exact) mass is 210 g/mol. The summed E-state index contributed by atoms with van der Waals surface area (Å²) < 4.78 is 12.8. The number of terminal acetylenes is 1. The van der Waals surface area contributed by atoms with E-state index in [9.17, 15) is 4.39 Å². The predicted octanol–water partition coefficient (Wildman–Crippen LogP) is 3.59. The fourth-order valence-corrected chi connectivity index (χ4v) is 1.69. The van der Waals surface area contributed by atoms with E-state index in [1.165, 1.54) is 12.1 Å². The summed E-state index contributed by atoms with van der Waals surface area (Å²) in [6, 6.07) is 16.1. The largest absolute Gasteiger partial charge is 0.207 e. The molecule has 0 bridgehead atoms. The van der Waals surface area contributed by atoms with Crippen molar-refractivity contribution in [1.82, 2.24) is 0 Å². The zero-order valence-corrected chi connectivity index (χ0v) is 8.73. The van der Waals surface area contributed by atoms with Crippen LogP contribution in [0.25, 0.3) is 0 Å². The van der Waals surface area contributed by atoms with E-state index in [0.717, 1.165) is 11.1 Å². The Labute approximate surface area is 94.7 Å². The summed E-state index contributed by atoms with van der Waals surface area (Å²) in [4.78, 5) is 0. The first-order valence-electron chi connectivity index (χ1n) is 5.08. The number of halogens is 1. The summed E-state index contributed by atoms with van der Waals surface area (Å²) in [5, 5.41) is 0. The first-order valence-corrected chi connectivity index (χ1v) is 5.08. The topological polar surface area (TPSA) is 0 Å². The van der Waals surface area contributed by atoms with Crippen molar-refractivity contribution in [1.29, 1.82) is 0 Å². The van der Waals surface area contributed by atoms with Crippen molar-refractivity contribution in [2.75, 3.05) is 0 Å². The van der Waals surface area contributed by atoms with Gasteiger partial charge in [-0.3, -0.25) is 0 Å². The second kappa shape index (κ2) is 4.63. The zero-order valence-electron chi connectivity index (χ0n) is 8.73. The maximum absolute atomic E-state index is 12.8. The normalized spacial score (nSPS) is 11.8. The molecule has 0 aliphatic heterocycles. The molecule has 1 atom stereocenters. The summed E-state index contributed by atoms with van der Waals surface area (Å²) >= 11 is 0. The molecule has 0 amide bonds. The molecule has 0 spiro atoms. The molecule has 0 heterocycles. The lowest BCUT2D eigenvalue weighted by Crippen LogP contribution is -1.97. The van der Waals surface area contributed by atoms with Gasteiger partial charge in [0.25, 0.3) is 0 Å². The molecule has 0 aliphatic rings. The third-order valence-corrected chi connectivity index (χ3v) is 2.50.